The highest BCUT2D eigenvalue weighted by molar-refractivity contribution is 5.94. The van der Waals surface area contributed by atoms with Gasteiger partial charge >= 0.3 is 5.97 Å². The molecular weight excluding hydrogens is 228 g/mol. The highest BCUT2D eigenvalue weighted by atomic mass is 16.5. The number of aromatic amines is 1. The molecule has 0 unspecified atom stereocenters. The van der Waals surface area contributed by atoms with Crippen molar-refractivity contribution in [2.75, 3.05) is 6.61 Å². The largest absolute Gasteiger partial charge is 0.461 e. The number of hydrogen-bond acceptors (Lipinski definition) is 3. The molecule has 4 heteroatoms. The summed E-state index contributed by atoms with van der Waals surface area (Å²) in [6.45, 7) is 2.14. The first-order valence-corrected chi connectivity index (χ1v) is 5.90. The molecule has 0 spiro atoms. The van der Waals surface area contributed by atoms with Crippen LogP contribution in [0.3, 0.4) is 0 Å². The Kier molecular flexibility index (Phi) is 3.63. The maximum absolute atomic E-state index is 11.6. The molecule has 0 aliphatic rings. The number of benzene rings is 1. The Bertz CT molecular complexity index is 608. The zero-order chi connectivity index (χ0) is 13.0. The van der Waals surface area contributed by atoms with Crippen molar-refractivity contribution in [3.05, 3.63) is 35.5 Å². The van der Waals surface area contributed by atoms with Crippen molar-refractivity contribution in [2.45, 2.75) is 19.8 Å². The highest BCUT2D eigenvalue weighted by Crippen LogP contribution is 2.18. The predicted molar refractivity (Wildman–Crippen MR) is 68.2 cm³/mol. The predicted octanol–water partition coefficient (Wildman–Crippen LogP) is 2.80. The van der Waals surface area contributed by atoms with Crippen LogP contribution in [0.15, 0.2) is 24.3 Å². The normalized spacial score (nSPS) is 10.2. The number of nitrogens with zero attached hydrogens (tertiary/aromatic N) is 1. The number of ether oxygens (including phenoxy) is 1. The van der Waals surface area contributed by atoms with Crippen molar-refractivity contribution in [1.29, 1.82) is 5.26 Å². The summed E-state index contributed by atoms with van der Waals surface area (Å²) in [5.41, 5.74) is 2.46. The van der Waals surface area contributed by atoms with Crippen LogP contribution < -0.4 is 0 Å². The Labute approximate surface area is 105 Å². The van der Waals surface area contributed by atoms with Crippen LogP contribution in [0.25, 0.3) is 10.9 Å². The molecule has 4 nitrogen and oxygen atoms in total. The van der Waals surface area contributed by atoms with Crippen molar-refractivity contribution in [2.24, 2.45) is 0 Å². The minimum atomic E-state index is -0.340. The van der Waals surface area contributed by atoms with Gasteiger partial charge in [0.1, 0.15) is 5.69 Å². The zero-order valence-corrected chi connectivity index (χ0v) is 10.2. The number of H-pyrrole nitrogens is 1. The first-order valence-electron chi connectivity index (χ1n) is 5.90. The second-order valence-electron chi connectivity index (χ2n) is 3.98. The molecule has 0 saturated carbocycles. The Morgan fingerprint density at radius 1 is 1.44 bits per heavy atom. The Morgan fingerprint density at radius 2 is 2.28 bits per heavy atom. The molecule has 2 aromatic rings. The summed E-state index contributed by atoms with van der Waals surface area (Å²) in [5.74, 6) is -0.340. The van der Waals surface area contributed by atoms with E-state index < -0.39 is 0 Å². The van der Waals surface area contributed by atoms with Crippen LogP contribution in [-0.2, 0) is 11.2 Å². The molecule has 1 N–H and O–H groups in total. The lowest BCUT2D eigenvalue weighted by molar-refractivity contribution is 0.0520. The lowest BCUT2D eigenvalue weighted by Gasteiger charge is -1.97. The Morgan fingerprint density at radius 3 is 3.00 bits per heavy atom. The first-order chi connectivity index (χ1) is 8.74. The Hall–Kier alpha value is -2.28. The molecule has 0 amide bonds. The second-order valence-corrected chi connectivity index (χ2v) is 3.98. The summed E-state index contributed by atoms with van der Waals surface area (Å²) in [6.07, 6.45) is 1.23. The number of carbonyl (C=O) groups is 1. The van der Waals surface area contributed by atoms with E-state index in [1.54, 1.807) is 13.0 Å². The van der Waals surface area contributed by atoms with Gasteiger partial charge in [-0.1, -0.05) is 6.07 Å². The standard InChI is InChI=1S/C14H14N2O2/c1-2-18-14(17)13-9-11-8-10(4-3-7-15)5-6-12(11)16-13/h5-6,8-9,16H,2-4H2,1H3. The third-order valence-electron chi connectivity index (χ3n) is 2.71. The molecule has 0 atom stereocenters. The number of rotatable bonds is 4. The van der Waals surface area contributed by atoms with Crippen molar-refractivity contribution in [3.8, 4) is 6.07 Å². The van der Waals surface area contributed by atoms with Crippen LogP contribution in [-0.4, -0.2) is 17.6 Å². The molecule has 1 aromatic heterocycles. The van der Waals surface area contributed by atoms with E-state index in [-0.39, 0.29) is 5.97 Å². The van der Waals surface area contributed by atoms with E-state index in [0.29, 0.717) is 18.7 Å². The van der Waals surface area contributed by atoms with E-state index in [1.807, 2.05) is 18.2 Å². The molecule has 1 heterocycles. The van der Waals surface area contributed by atoms with Crippen molar-refractivity contribution in [3.63, 3.8) is 0 Å². The van der Waals surface area contributed by atoms with Crippen LogP contribution in [0.5, 0.6) is 0 Å². The fraction of sp³-hybridized carbons (Fsp3) is 0.286. The number of aryl methyl sites for hydroxylation is 1. The monoisotopic (exact) mass is 242 g/mol. The topological polar surface area (TPSA) is 65.9 Å². The molecule has 92 valence electrons. The molecule has 0 saturated heterocycles. The highest BCUT2D eigenvalue weighted by Gasteiger charge is 2.10. The minimum absolute atomic E-state index is 0.340. The summed E-state index contributed by atoms with van der Waals surface area (Å²) in [5, 5.41) is 9.53. The van der Waals surface area contributed by atoms with E-state index >= 15 is 0 Å². The molecule has 0 bridgehead atoms. The second kappa shape index (κ2) is 5.37. The molecule has 2 rings (SSSR count). The van der Waals surface area contributed by atoms with Gasteiger partial charge in [-0.3, -0.25) is 0 Å². The van der Waals surface area contributed by atoms with Gasteiger partial charge in [-0.05, 0) is 37.1 Å². The van der Waals surface area contributed by atoms with Crippen molar-refractivity contribution in [1.82, 2.24) is 4.98 Å². The van der Waals surface area contributed by atoms with Gasteiger partial charge in [-0.15, -0.1) is 0 Å². The van der Waals surface area contributed by atoms with Crippen LogP contribution in [0, 0.1) is 11.3 Å². The van der Waals surface area contributed by atoms with Gasteiger partial charge in [-0.25, -0.2) is 4.79 Å². The summed E-state index contributed by atoms with van der Waals surface area (Å²) < 4.78 is 4.94. The number of carbonyl (C=O) groups excluding carboxylic acids is 1. The molecule has 18 heavy (non-hydrogen) atoms. The smallest absolute Gasteiger partial charge is 0.354 e. The van der Waals surface area contributed by atoms with E-state index in [9.17, 15) is 4.79 Å². The number of hydrogen-bond donors (Lipinski definition) is 1. The third-order valence-corrected chi connectivity index (χ3v) is 2.71. The molecule has 0 aliphatic heterocycles. The minimum Gasteiger partial charge on any atom is -0.461 e. The number of nitriles is 1. The average Bonchev–Trinajstić information content (AvgIpc) is 2.79. The van der Waals surface area contributed by atoms with Gasteiger partial charge in [0.15, 0.2) is 0 Å². The quantitative estimate of drug-likeness (QED) is 0.838. The van der Waals surface area contributed by atoms with E-state index in [1.165, 1.54) is 0 Å². The van der Waals surface area contributed by atoms with Gasteiger partial charge < -0.3 is 9.72 Å². The molecule has 0 aliphatic carbocycles. The average molecular weight is 242 g/mol. The molecule has 0 fully saturated rings. The number of aromatic nitrogens is 1. The number of nitrogens with one attached hydrogen (secondary N) is 1. The summed E-state index contributed by atoms with van der Waals surface area (Å²) in [7, 11) is 0. The van der Waals surface area contributed by atoms with Crippen LogP contribution >= 0.6 is 0 Å². The zero-order valence-electron chi connectivity index (χ0n) is 10.2. The number of fused-ring (bicyclic) bond motifs is 1. The maximum atomic E-state index is 11.6. The van der Waals surface area contributed by atoms with Gasteiger partial charge in [-0.2, -0.15) is 5.26 Å². The van der Waals surface area contributed by atoms with Crippen molar-refractivity contribution >= 4 is 16.9 Å². The maximum Gasteiger partial charge on any atom is 0.354 e. The molecule has 0 radical (unpaired) electrons. The fourth-order valence-electron chi connectivity index (χ4n) is 1.86. The van der Waals surface area contributed by atoms with E-state index in [0.717, 1.165) is 22.9 Å². The van der Waals surface area contributed by atoms with Gasteiger partial charge in [0.05, 0.1) is 12.7 Å². The number of esters is 1. The summed E-state index contributed by atoms with van der Waals surface area (Å²) in [6, 6.07) is 9.78. The van der Waals surface area contributed by atoms with Crippen LogP contribution in [0.1, 0.15) is 29.4 Å². The van der Waals surface area contributed by atoms with E-state index in [2.05, 4.69) is 11.1 Å². The molecule has 1 aromatic carbocycles. The summed E-state index contributed by atoms with van der Waals surface area (Å²) >= 11 is 0. The van der Waals surface area contributed by atoms with Crippen LogP contribution in [0.4, 0.5) is 0 Å². The lowest BCUT2D eigenvalue weighted by atomic mass is 10.1. The lowest BCUT2D eigenvalue weighted by Crippen LogP contribution is -2.04. The van der Waals surface area contributed by atoms with Crippen LogP contribution in [0.2, 0.25) is 0 Å². The van der Waals surface area contributed by atoms with Gasteiger partial charge in [0, 0.05) is 17.3 Å². The molecular formula is C14H14N2O2. The SMILES string of the molecule is CCOC(=O)c1cc2cc(CCC#N)ccc2[nH]1. The van der Waals surface area contributed by atoms with Crippen molar-refractivity contribution < 1.29 is 9.53 Å². The van der Waals surface area contributed by atoms with Gasteiger partial charge in [0.2, 0.25) is 0 Å². The first kappa shape index (κ1) is 12.2. The van der Waals surface area contributed by atoms with E-state index in [4.69, 9.17) is 10.00 Å². The third kappa shape index (κ3) is 2.51. The fourth-order valence-corrected chi connectivity index (χ4v) is 1.86. The summed E-state index contributed by atoms with van der Waals surface area (Å²) in [4.78, 5) is 14.6. The van der Waals surface area contributed by atoms with Gasteiger partial charge in [0.25, 0.3) is 0 Å². The Balaban J connectivity index is 2.28.